The first-order chi connectivity index (χ1) is 15.7. The second kappa shape index (κ2) is 9.07. The summed E-state index contributed by atoms with van der Waals surface area (Å²) in [4.78, 5) is 31.1. The molecule has 174 valence electrons. The molecule has 3 atom stereocenters. The number of carboxylic acid groups (broad SMARTS) is 1. The molecule has 2 aromatic heterocycles. The van der Waals surface area contributed by atoms with Gasteiger partial charge in [-0.15, -0.1) is 11.3 Å². The topological polar surface area (TPSA) is 123 Å². The van der Waals surface area contributed by atoms with Crippen molar-refractivity contribution in [3.05, 3.63) is 57.5 Å². The van der Waals surface area contributed by atoms with E-state index in [1.54, 1.807) is 25.2 Å². The third kappa shape index (κ3) is 4.56. The number of piperidine rings is 1. The first kappa shape index (κ1) is 23.1. The molecule has 1 amide bonds. The molecule has 5 rings (SSSR count). The lowest BCUT2D eigenvalue weighted by Crippen LogP contribution is -2.42. The number of nitrogens with two attached hydrogens (primary N) is 1. The number of aryl methyl sites for hydroxylation is 4. The highest BCUT2D eigenvalue weighted by Gasteiger charge is 2.54. The number of hydrogen-bond acceptors (Lipinski definition) is 7. The van der Waals surface area contributed by atoms with Gasteiger partial charge in [-0.2, -0.15) is 0 Å². The lowest BCUT2D eigenvalue weighted by molar-refractivity contribution is 0.0687. The van der Waals surface area contributed by atoms with E-state index in [9.17, 15) is 9.59 Å². The van der Waals surface area contributed by atoms with Crippen LogP contribution in [-0.4, -0.2) is 50.7 Å². The number of carboxylic acids is 1. The van der Waals surface area contributed by atoms with Gasteiger partial charge in [0, 0.05) is 18.6 Å². The van der Waals surface area contributed by atoms with E-state index < -0.39 is 5.97 Å². The number of carbonyl (C=O) groups excluding carboxylic acids is 1. The minimum Gasteiger partial charge on any atom is -0.477 e. The zero-order chi connectivity index (χ0) is 23.9. The number of nitrogens with zero attached hydrogens (tertiary/aromatic N) is 3. The van der Waals surface area contributed by atoms with Crippen molar-refractivity contribution in [2.75, 3.05) is 6.54 Å². The molecule has 8 nitrogen and oxygen atoms in total. The number of hydrogen-bond donors (Lipinski definition) is 2. The smallest absolute Gasteiger partial charge is 0.341 e. The first-order valence-corrected chi connectivity index (χ1v) is 11.8. The number of amides is 1. The van der Waals surface area contributed by atoms with Crippen molar-refractivity contribution in [2.24, 2.45) is 11.7 Å². The summed E-state index contributed by atoms with van der Waals surface area (Å²) in [7, 11) is 0. The average molecular weight is 469 g/mol. The van der Waals surface area contributed by atoms with Crippen LogP contribution in [0.3, 0.4) is 0 Å². The molecule has 1 saturated heterocycles. The predicted octanol–water partition coefficient (Wildman–Crippen LogP) is 3.98. The van der Waals surface area contributed by atoms with Crippen LogP contribution >= 0.6 is 11.3 Å². The van der Waals surface area contributed by atoms with Gasteiger partial charge in [0.25, 0.3) is 5.91 Å². The fourth-order valence-electron chi connectivity index (χ4n) is 4.55. The van der Waals surface area contributed by atoms with Gasteiger partial charge in [-0.25, -0.2) is 9.78 Å². The fraction of sp³-hybridized carbons (Fsp3) is 0.417. The van der Waals surface area contributed by atoms with E-state index in [1.165, 1.54) is 5.56 Å². The van der Waals surface area contributed by atoms with Crippen LogP contribution in [0, 0.1) is 33.6 Å². The van der Waals surface area contributed by atoms with E-state index in [1.807, 2.05) is 17.9 Å². The predicted molar refractivity (Wildman–Crippen MR) is 125 cm³/mol. The van der Waals surface area contributed by atoms with Gasteiger partial charge < -0.3 is 20.3 Å². The Morgan fingerprint density at radius 2 is 2.00 bits per heavy atom. The highest BCUT2D eigenvalue weighted by molar-refractivity contribution is 7.15. The number of aromatic nitrogens is 2. The molecule has 0 unspecified atom stereocenters. The number of thiazole rings is 1. The van der Waals surface area contributed by atoms with Crippen LogP contribution < -0.4 is 5.73 Å². The van der Waals surface area contributed by atoms with Crippen LogP contribution in [-0.2, 0) is 0 Å². The van der Waals surface area contributed by atoms with E-state index in [4.69, 9.17) is 10.8 Å². The van der Waals surface area contributed by atoms with Gasteiger partial charge in [-0.1, -0.05) is 35.0 Å². The maximum Gasteiger partial charge on any atom is 0.341 e. The third-order valence-electron chi connectivity index (χ3n) is 6.18. The van der Waals surface area contributed by atoms with Crippen molar-refractivity contribution in [1.82, 2.24) is 15.0 Å². The molecular weight excluding hydrogens is 440 g/mol. The van der Waals surface area contributed by atoms with Crippen molar-refractivity contribution in [2.45, 2.75) is 52.6 Å². The van der Waals surface area contributed by atoms with E-state index in [2.05, 4.69) is 39.8 Å². The van der Waals surface area contributed by atoms with E-state index in [0.29, 0.717) is 35.7 Å². The molecule has 3 aromatic rings. The van der Waals surface area contributed by atoms with Crippen LogP contribution in [0.15, 0.2) is 28.8 Å². The van der Waals surface area contributed by atoms with Gasteiger partial charge in [0.05, 0.1) is 15.6 Å². The molecular formula is C24H28N4O4S. The molecule has 3 N–H and O–H groups in total. The monoisotopic (exact) mass is 468 g/mol. The Kier molecular flexibility index (Phi) is 6.36. The quantitative estimate of drug-likeness (QED) is 0.594. The summed E-state index contributed by atoms with van der Waals surface area (Å²) in [6.07, 6.45) is 2.18. The number of carbonyl (C=O) groups is 2. The number of aromatic carboxylic acids is 1. The molecule has 1 aromatic carbocycles. The normalized spacial score (nSPS) is 20.8. The zero-order valence-electron chi connectivity index (χ0n) is 19.2. The standard InChI is InChI=1S/C18H21N3OS.C6H7NO3/c1-10-4-3-5-12(6-10)17-16(20-11(2)23-17)18(22)21-14(9-19)7-13-8-15(13)21;1-3-5(6(8)9)4(2)10-7-3/h3-6,13-15H,7-9,19H2,1-2H3;1-2H3,(H,8,9)/t13-,14+,15+;/m1./s1. The molecule has 1 aliphatic carbocycles. The van der Waals surface area contributed by atoms with Crippen molar-refractivity contribution in [1.29, 1.82) is 0 Å². The average Bonchev–Trinajstić information content (AvgIpc) is 3.08. The molecule has 2 aliphatic rings. The number of likely N-dealkylation sites (tertiary alicyclic amines) is 1. The Balaban J connectivity index is 0.000000219. The molecule has 0 radical (unpaired) electrons. The summed E-state index contributed by atoms with van der Waals surface area (Å²) < 4.78 is 4.63. The summed E-state index contributed by atoms with van der Waals surface area (Å²) in [5, 5.41) is 12.9. The number of benzene rings is 1. The van der Waals surface area contributed by atoms with Crippen LogP contribution in [0.25, 0.3) is 10.4 Å². The third-order valence-corrected chi connectivity index (χ3v) is 7.20. The molecule has 0 bridgehead atoms. The van der Waals surface area contributed by atoms with Crippen LogP contribution in [0.2, 0.25) is 0 Å². The molecule has 33 heavy (non-hydrogen) atoms. The molecule has 0 spiro atoms. The second-order valence-electron chi connectivity index (χ2n) is 8.69. The van der Waals surface area contributed by atoms with E-state index in [0.717, 1.165) is 28.3 Å². The van der Waals surface area contributed by atoms with Crippen molar-refractivity contribution >= 4 is 23.2 Å². The van der Waals surface area contributed by atoms with Crippen LogP contribution in [0.1, 0.15) is 55.7 Å². The van der Waals surface area contributed by atoms with Gasteiger partial charge in [-0.05, 0) is 52.0 Å². The zero-order valence-corrected chi connectivity index (χ0v) is 20.0. The minimum atomic E-state index is -0.990. The molecule has 9 heteroatoms. The lowest BCUT2D eigenvalue weighted by atomic mass is 10.1. The van der Waals surface area contributed by atoms with Crippen molar-refractivity contribution in [3.63, 3.8) is 0 Å². The Morgan fingerprint density at radius 3 is 2.58 bits per heavy atom. The Hall–Kier alpha value is -3.04. The number of fused-ring (bicyclic) bond motifs is 1. The van der Waals surface area contributed by atoms with Gasteiger partial charge in [0.2, 0.25) is 0 Å². The summed E-state index contributed by atoms with van der Waals surface area (Å²) in [5.74, 6) is 0.0854. The lowest BCUT2D eigenvalue weighted by Gasteiger charge is -2.26. The second-order valence-corrected chi connectivity index (χ2v) is 9.89. The molecule has 1 aliphatic heterocycles. The molecule has 1 saturated carbocycles. The van der Waals surface area contributed by atoms with Gasteiger partial charge in [0.15, 0.2) is 0 Å². The fourth-order valence-corrected chi connectivity index (χ4v) is 5.46. The van der Waals surface area contributed by atoms with Crippen LogP contribution in [0.5, 0.6) is 0 Å². The molecule has 3 heterocycles. The summed E-state index contributed by atoms with van der Waals surface area (Å²) in [6, 6.07) is 8.85. The van der Waals surface area contributed by atoms with Gasteiger partial charge in [-0.3, -0.25) is 4.79 Å². The first-order valence-electron chi connectivity index (χ1n) is 10.9. The highest BCUT2D eigenvalue weighted by Crippen LogP contribution is 2.48. The van der Waals surface area contributed by atoms with E-state index in [-0.39, 0.29) is 17.5 Å². The van der Waals surface area contributed by atoms with Gasteiger partial charge in [0.1, 0.15) is 17.0 Å². The van der Waals surface area contributed by atoms with Crippen molar-refractivity contribution in [3.8, 4) is 10.4 Å². The Labute approximate surface area is 196 Å². The maximum atomic E-state index is 13.2. The summed E-state index contributed by atoms with van der Waals surface area (Å²) in [6.45, 7) is 7.74. The number of rotatable bonds is 4. The Bertz CT molecular complexity index is 1180. The SMILES string of the molecule is Cc1cccc(-c2sc(C)nc2C(=O)N2[C@H](CN)C[C@@H]3C[C@@H]32)c1.Cc1noc(C)c1C(=O)O. The van der Waals surface area contributed by atoms with E-state index >= 15 is 0 Å². The summed E-state index contributed by atoms with van der Waals surface area (Å²) in [5.41, 5.74) is 9.34. The van der Waals surface area contributed by atoms with Crippen molar-refractivity contribution < 1.29 is 19.2 Å². The Morgan fingerprint density at radius 1 is 1.24 bits per heavy atom. The minimum absolute atomic E-state index is 0.0614. The maximum absolute atomic E-state index is 13.2. The summed E-state index contributed by atoms with van der Waals surface area (Å²) >= 11 is 1.60. The largest absolute Gasteiger partial charge is 0.477 e. The molecule has 2 fully saturated rings. The highest BCUT2D eigenvalue weighted by atomic mass is 32.1. The van der Waals surface area contributed by atoms with Gasteiger partial charge >= 0.3 is 5.97 Å². The van der Waals surface area contributed by atoms with Crippen LogP contribution in [0.4, 0.5) is 0 Å².